The molecule has 2 fully saturated rings. The number of amides is 1. The van der Waals surface area contributed by atoms with E-state index in [1.807, 2.05) is 13.8 Å². The van der Waals surface area contributed by atoms with Crippen molar-refractivity contribution in [1.29, 1.82) is 0 Å². The van der Waals surface area contributed by atoms with Crippen molar-refractivity contribution in [3.63, 3.8) is 0 Å². The van der Waals surface area contributed by atoms with Crippen molar-refractivity contribution >= 4 is 29.2 Å². The molecule has 0 unspecified atom stereocenters. The molecule has 1 aliphatic carbocycles. The van der Waals surface area contributed by atoms with Crippen molar-refractivity contribution in [1.82, 2.24) is 14.6 Å². The van der Waals surface area contributed by atoms with Crippen LogP contribution in [0.15, 0.2) is 18.5 Å². The largest absolute Gasteiger partial charge is 0.463 e. The Morgan fingerprint density at radius 3 is 2.53 bits per heavy atom. The van der Waals surface area contributed by atoms with E-state index in [0.29, 0.717) is 42.2 Å². The van der Waals surface area contributed by atoms with Crippen molar-refractivity contribution in [2.45, 2.75) is 116 Å². The fourth-order valence-corrected chi connectivity index (χ4v) is 6.08. The topological polar surface area (TPSA) is 167 Å². The fraction of sp³-hybridized carbons (Fsp3) is 0.710. The number of esters is 2. The summed E-state index contributed by atoms with van der Waals surface area (Å²) in [6, 6.07) is 2.54. The lowest BCUT2D eigenvalue weighted by atomic mass is 9.87. The molecule has 0 aromatic carbocycles. The number of carbonyl (C=O) groups excluding carboxylic acids is 3. The van der Waals surface area contributed by atoms with Crippen LogP contribution in [0.3, 0.4) is 0 Å². The van der Waals surface area contributed by atoms with E-state index in [9.17, 15) is 19.5 Å². The van der Waals surface area contributed by atoms with Gasteiger partial charge in [-0.2, -0.15) is 5.10 Å². The second kappa shape index (κ2) is 14.1. The van der Waals surface area contributed by atoms with Crippen LogP contribution in [0, 0.1) is 17.8 Å². The number of carbonyl (C=O) groups is 3. The minimum Gasteiger partial charge on any atom is -0.463 e. The maximum Gasteiger partial charge on any atom is 0.323 e. The van der Waals surface area contributed by atoms with E-state index in [2.05, 4.69) is 15.4 Å². The van der Waals surface area contributed by atoms with Crippen LogP contribution in [0.25, 0.3) is 5.52 Å². The Bertz CT molecular complexity index is 1270. The summed E-state index contributed by atoms with van der Waals surface area (Å²) in [5.74, 6) is -0.888. The van der Waals surface area contributed by atoms with Gasteiger partial charge in [0.05, 0.1) is 5.69 Å². The van der Waals surface area contributed by atoms with E-state index in [0.717, 1.165) is 25.7 Å². The van der Waals surface area contributed by atoms with E-state index >= 15 is 0 Å². The molecular formula is C31H47N5O7. The van der Waals surface area contributed by atoms with Gasteiger partial charge in [0.1, 0.15) is 42.3 Å². The Morgan fingerprint density at radius 1 is 1.19 bits per heavy atom. The molecule has 0 bridgehead atoms. The van der Waals surface area contributed by atoms with Gasteiger partial charge < -0.3 is 30.4 Å². The number of anilines is 1. The number of aliphatic hydroxyl groups excluding tert-OH is 1. The molecule has 0 spiro atoms. The molecule has 0 radical (unpaired) electrons. The molecule has 238 valence electrons. The van der Waals surface area contributed by atoms with Crippen LogP contribution in [0.4, 0.5) is 5.82 Å². The van der Waals surface area contributed by atoms with Gasteiger partial charge >= 0.3 is 11.9 Å². The molecule has 2 aromatic rings. The molecule has 3 heterocycles. The van der Waals surface area contributed by atoms with Crippen molar-refractivity contribution in [3.05, 3.63) is 24.2 Å². The van der Waals surface area contributed by atoms with Gasteiger partial charge in [0.25, 0.3) is 0 Å². The Kier molecular flexibility index (Phi) is 10.8. The molecule has 4 rings (SSSR count). The zero-order valence-electron chi connectivity index (χ0n) is 26.0. The first kappa shape index (κ1) is 32.8. The first-order chi connectivity index (χ1) is 20.5. The first-order valence-electron chi connectivity index (χ1n) is 15.6. The molecule has 2 aliphatic rings. The number of hydrogen-bond donors (Lipinski definition) is 3. The number of rotatable bonds is 12. The number of ether oxygens (including phenoxy) is 3. The van der Waals surface area contributed by atoms with Crippen LogP contribution in [0.5, 0.6) is 0 Å². The smallest absolute Gasteiger partial charge is 0.323 e. The molecule has 12 nitrogen and oxygen atoms in total. The highest BCUT2D eigenvalue weighted by Gasteiger charge is 2.56. The predicted octanol–water partition coefficient (Wildman–Crippen LogP) is 3.49. The van der Waals surface area contributed by atoms with E-state index in [1.165, 1.54) is 17.3 Å². The number of nitrogens with two attached hydrogens (primary N) is 1. The second-order valence-corrected chi connectivity index (χ2v) is 12.4. The number of aliphatic hydroxyl groups is 1. The highest BCUT2D eigenvalue weighted by Crippen LogP contribution is 2.42. The van der Waals surface area contributed by atoms with Gasteiger partial charge in [0.2, 0.25) is 5.91 Å². The summed E-state index contributed by atoms with van der Waals surface area (Å²) >= 11 is 0. The van der Waals surface area contributed by atoms with Gasteiger partial charge in [-0.15, -0.1) is 0 Å². The Labute approximate surface area is 253 Å². The SMILES string of the molecule is CCC(CC)C(=O)Nc1ncnn2c([C@]3(C)O[C@H](COC(=O)CC4CCCCC4)[C@@H](OC(=O)[C@@H](N)C(C)C)[C@H]3O)ccc12. The molecule has 1 amide bonds. The Balaban J connectivity index is 1.59. The standard InChI is InChI=1S/C31H47N5O7/c1-6-20(7-2)29(39)35-28-21-13-14-23(36(21)34-17-33-28)31(5)27(38)26(42-30(40)25(32)18(3)4)22(43-31)16-41-24(37)15-19-11-9-8-10-12-19/h13-14,17-20,22,25-27,38H,6-12,15-16,32H2,1-5H3,(H,33,34,35,39)/t22-,25+,26-,27-,31+/m1/s1. The van der Waals surface area contributed by atoms with Gasteiger partial charge in [0.15, 0.2) is 11.9 Å². The average Bonchev–Trinajstić information content (AvgIpc) is 3.53. The molecule has 1 saturated carbocycles. The maximum atomic E-state index is 12.9. The summed E-state index contributed by atoms with van der Waals surface area (Å²) in [6.45, 7) is 8.97. The number of nitrogens with zero attached hydrogens (tertiary/aromatic N) is 3. The molecule has 2 aromatic heterocycles. The number of nitrogens with one attached hydrogen (secondary N) is 1. The normalized spacial score (nSPS) is 25.3. The van der Waals surface area contributed by atoms with Gasteiger partial charge in [-0.1, -0.05) is 47.0 Å². The van der Waals surface area contributed by atoms with Crippen molar-refractivity contribution in [2.75, 3.05) is 11.9 Å². The molecular weight excluding hydrogens is 554 g/mol. The minimum absolute atomic E-state index is 0.139. The maximum absolute atomic E-state index is 12.9. The van der Waals surface area contributed by atoms with E-state index < -0.39 is 35.9 Å². The lowest BCUT2D eigenvalue weighted by Crippen LogP contribution is -2.46. The number of fused-ring (bicyclic) bond motifs is 1. The van der Waals surface area contributed by atoms with Crippen LogP contribution in [-0.4, -0.2) is 68.5 Å². The summed E-state index contributed by atoms with van der Waals surface area (Å²) in [5.41, 5.74) is 5.58. The quantitative estimate of drug-likeness (QED) is 0.306. The third kappa shape index (κ3) is 7.18. The summed E-state index contributed by atoms with van der Waals surface area (Å²) in [7, 11) is 0. The molecule has 43 heavy (non-hydrogen) atoms. The third-order valence-electron chi connectivity index (χ3n) is 9.03. The van der Waals surface area contributed by atoms with Crippen LogP contribution in [0.2, 0.25) is 0 Å². The highest BCUT2D eigenvalue weighted by atomic mass is 16.6. The fourth-order valence-electron chi connectivity index (χ4n) is 6.08. The Morgan fingerprint density at radius 2 is 1.88 bits per heavy atom. The van der Waals surface area contributed by atoms with Gasteiger partial charge in [-0.25, -0.2) is 9.50 Å². The van der Waals surface area contributed by atoms with E-state index in [1.54, 1.807) is 32.9 Å². The first-order valence-corrected chi connectivity index (χ1v) is 15.6. The molecule has 1 saturated heterocycles. The van der Waals surface area contributed by atoms with Gasteiger partial charge in [-0.05, 0) is 56.6 Å². The summed E-state index contributed by atoms with van der Waals surface area (Å²) < 4.78 is 19.3. The number of hydrogen-bond acceptors (Lipinski definition) is 10. The van der Waals surface area contributed by atoms with Crippen LogP contribution >= 0.6 is 0 Å². The van der Waals surface area contributed by atoms with Gasteiger partial charge in [-0.3, -0.25) is 14.4 Å². The van der Waals surface area contributed by atoms with Crippen LogP contribution in [-0.2, 0) is 34.2 Å². The van der Waals surface area contributed by atoms with Crippen LogP contribution < -0.4 is 11.1 Å². The minimum atomic E-state index is -1.43. The van der Waals surface area contributed by atoms with E-state index in [4.69, 9.17) is 19.9 Å². The van der Waals surface area contributed by atoms with Crippen molar-refractivity contribution < 1.29 is 33.7 Å². The zero-order valence-corrected chi connectivity index (χ0v) is 26.0. The molecule has 12 heteroatoms. The monoisotopic (exact) mass is 601 g/mol. The predicted molar refractivity (Wildman–Crippen MR) is 159 cm³/mol. The lowest BCUT2D eigenvalue weighted by molar-refractivity contribution is -0.162. The van der Waals surface area contributed by atoms with E-state index in [-0.39, 0.29) is 30.3 Å². The summed E-state index contributed by atoms with van der Waals surface area (Å²) in [4.78, 5) is 42.7. The zero-order chi connectivity index (χ0) is 31.3. The lowest BCUT2D eigenvalue weighted by Gasteiger charge is -2.28. The summed E-state index contributed by atoms with van der Waals surface area (Å²) in [5, 5.41) is 18.9. The molecule has 5 atom stereocenters. The third-order valence-corrected chi connectivity index (χ3v) is 9.03. The second-order valence-electron chi connectivity index (χ2n) is 12.4. The summed E-state index contributed by atoms with van der Waals surface area (Å²) in [6.07, 6.45) is 4.97. The van der Waals surface area contributed by atoms with Crippen LogP contribution in [0.1, 0.15) is 91.7 Å². The Hall–Kier alpha value is -3.09. The van der Waals surface area contributed by atoms with Crippen molar-refractivity contribution in [2.24, 2.45) is 23.5 Å². The van der Waals surface area contributed by atoms with Gasteiger partial charge in [0, 0.05) is 12.3 Å². The molecule has 4 N–H and O–H groups in total. The number of aromatic nitrogens is 3. The average molecular weight is 602 g/mol. The highest BCUT2D eigenvalue weighted by molar-refractivity contribution is 5.95. The van der Waals surface area contributed by atoms with Crippen molar-refractivity contribution in [3.8, 4) is 0 Å². The molecule has 1 aliphatic heterocycles.